The first-order valence-corrected chi connectivity index (χ1v) is 8.18. The van der Waals surface area contributed by atoms with Crippen molar-refractivity contribution in [2.24, 2.45) is 5.41 Å². The van der Waals surface area contributed by atoms with Gasteiger partial charge in [0.2, 0.25) is 0 Å². The Labute approximate surface area is 133 Å². The van der Waals surface area contributed by atoms with Crippen LogP contribution in [0.25, 0.3) is 0 Å². The lowest BCUT2D eigenvalue weighted by molar-refractivity contribution is 0.228. The van der Waals surface area contributed by atoms with Crippen molar-refractivity contribution in [2.75, 3.05) is 13.7 Å². The zero-order chi connectivity index (χ0) is 16.0. The van der Waals surface area contributed by atoms with Crippen molar-refractivity contribution in [3.63, 3.8) is 0 Å². The fraction of sp³-hybridized carbons (Fsp3) is 0.611. The smallest absolute Gasteiger partial charge is 0.315 e. The van der Waals surface area contributed by atoms with Crippen molar-refractivity contribution in [3.05, 3.63) is 29.8 Å². The zero-order valence-electron chi connectivity index (χ0n) is 13.9. The predicted molar refractivity (Wildman–Crippen MR) is 89.3 cm³/mol. The molecule has 0 aromatic heterocycles. The Morgan fingerprint density at radius 3 is 2.77 bits per heavy atom. The Balaban J connectivity index is 1.75. The normalized spacial score (nSPS) is 17.8. The maximum absolute atomic E-state index is 12.0. The molecule has 4 heteroatoms. The predicted octanol–water partition coefficient (Wildman–Crippen LogP) is 3.51. The van der Waals surface area contributed by atoms with E-state index in [-0.39, 0.29) is 17.5 Å². The minimum atomic E-state index is -0.0662. The topological polar surface area (TPSA) is 50.4 Å². The standard InChI is InChI=1S/C18H28N2O2/c1-14(11-15-7-6-8-16(12-15)22-3)20-17(21)19-13-18(2)9-4-5-10-18/h6-8,12,14H,4-5,9-11,13H2,1-3H3,(H2,19,20,21). The SMILES string of the molecule is COc1cccc(CC(C)NC(=O)NCC2(C)CCCC2)c1. The summed E-state index contributed by atoms with van der Waals surface area (Å²) in [5, 5.41) is 6.05. The number of methoxy groups -OCH3 is 1. The van der Waals surface area contributed by atoms with Crippen molar-refractivity contribution in [3.8, 4) is 5.75 Å². The van der Waals surface area contributed by atoms with E-state index in [4.69, 9.17) is 4.74 Å². The van der Waals surface area contributed by atoms with Crippen molar-refractivity contribution < 1.29 is 9.53 Å². The van der Waals surface area contributed by atoms with E-state index in [9.17, 15) is 4.79 Å². The van der Waals surface area contributed by atoms with Crippen LogP contribution < -0.4 is 15.4 Å². The summed E-state index contributed by atoms with van der Waals surface area (Å²) in [6.45, 7) is 5.06. The summed E-state index contributed by atoms with van der Waals surface area (Å²) >= 11 is 0. The summed E-state index contributed by atoms with van der Waals surface area (Å²) in [4.78, 5) is 12.0. The van der Waals surface area contributed by atoms with E-state index in [1.54, 1.807) is 7.11 Å². The van der Waals surface area contributed by atoms with E-state index >= 15 is 0 Å². The Bertz CT molecular complexity index is 496. The van der Waals surface area contributed by atoms with Crippen LogP contribution in [0.2, 0.25) is 0 Å². The number of amides is 2. The van der Waals surface area contributed by atoms with Crippen LogP contribution in [0.1, 0.15) is 45.1 Å². The summed E-state index contributed by atoms with van der Waals surface area (Å²) in [6.07, 6.45) is 5.79. The second-order valence-electron chi connectivity index (χ2n) is 6.80. The molecule has 1 unspecified atom stereocenters. The van der Waals surface area contributed by atoms with Gasteiger partial charge in [0.25, 0.3) is 0 Å². The molecule has 122 valence electrons. The molecule has 0 bridgehead atoms. The van der Waals surface area contributed by atoms with E-state index in [2.05, 4.69) is 23.6 Å². The van der Waals surface area contributed by atoms with Crippen LogP contribution in [0.5, 0.6) is 5.75 Å². The lowest BCUT2D eigenvalue weighted by Gasteiger charge is -2.24. The summed E-state index contributed by atoms with van der Waals surface area (Å²) < 4.78 is 5.22. The molecule has 2 amide bonds. The maximum atomic E-state index is 12.0. The van der Waals surface area contributed by atoms with Crippen LogP contribution in [-0.4, -0.2) is 25.7 Å². The Hall–Kier alpha value is -1.71. The largest absolute Gasteiger partial charge is 0.497 e. The molecule has 22 heavy (non-hydrogen) atoms. The van der Waals surface area contributed by atoms with Crippen LogP contribution in [0.4, 0.5) is 4.79 Å². The second kappa shape index (κ2) is 7.52. The summed E-state index contributed by atoms with van der Waals surface area (Å²) in [6, 6.07) is 7.98. The van der Waals surface area contributed by atoms with Crippen molar-refractivity contribution in [2.45, 2.75) is 52.0 Å². The monoisotopic (exact) mass is 304 g/mol. The molecule has 0 aliphatic heterocycles. The lowest BCUT2D eigenvalue weighted by Crippen LogP contribution is -2.44. The van der Waals surface area contributed by atoms with Crippen molar-refractivity contribution in [1.82, 2.24) is 10.6 Å². The Morgan fingerprint density at radius 1 is 1.36 bits per heavy atom. The fourth-order valence-corrected chi connectivity index (χ4v) is 3.18. The van der Waals surface area contributed by atoms with Gasteiger partial charge in [-0.2, -0.15) is 0 Å². The van der Waals surface area contributed by atoms with Gasteiger partial charge in [0.05, 0.1) is 7.11 Å². The second-order valence-corrected chi connectivity index (χ2v) is 6.80. The number of hydrogen-bond donors (Lipinski definition) is 2. The number of carbonyl (C=O) groups excluding carboxylic acids is 1. The van der Waals surface area contributed by atoms with E-state index in [0.29, 0.717) is 0 Å². The van der Waals surface area contributed by atoms with Crippen LogP contribution in [0, 0.1) is 5.41 Å². The molecule has 1 aromatic rings. The average Bonchev–Trinajstić information content (AvgIpc) is 2.92. The van der Waals surface area contributed by atoms with Crippen LogP contribution in [0.15, 0.2) is 24.3 Å². The number of hydrogen-bond acceptors (Lipinski definition) is 2. The van der Waals surface area contributed by atoms with Crippen molar-refractivity contribution >= 4 is 6.03 Å². The minimum absolute atomic E-state index is 0.0662. The first-order chi connectivity index (χ1) is 10.5. The highest BCUT2D eigenvalue weighted by Gasteiger charge is 2.28. The molecule has 1 atom stereocenters. The van der Waals surface area contributed by atoms with E-state index in [0.717, 1.165) is 24.3 Å². The fourth-order valence-electron chi connectivity index (χ4n) is 3.18. The van der Waals surface area contributed by atoms with Gasteiger partial charge in [-0.15, -0.1) is 0 Å². The van der Waals surface area contributed by atoms with Gasteiger partial charge in [0.15, 0.2) is 0 Å². The van der Waals surface area contributed by atoms with Gasteiger partial charge in [0.1, 0.15) is 5.75 Å². The summed E-state index contributed by atoms with van der Waals surface area (Å²) in [5.74, 6) is 0.850. The number of carbonyl (C=O) groups is 1. The van der Waals surface area contributed by atoms with Gasteiger partial charge in [0, 0.05) is 12.6 Å². The van der Waals surface area contributed by atoms with Crippen LogP contribution in [0.3, 0.4) is 0 Å². The van der Waals surface area contributed by atoms with Gasteiger partial charge < -0.3 is 15.4 Å². The van der Waals surface area contributed by atoms with E-state index in [1.165, 1.54) is 25.7 Å². The van der Waals surface area contributed by atoms with E-state index < -0.39 is 0 Å². The highest BCUT2D eigenvalue weighted by molar-refractivity contribution is 5.74. The molecule has 0 saturated heterocycles. The van der Waals surface area contributed by atoms with Gasteiger partial charge >= 0.3 is 6.03 Å². The summed E-state index contributed by atoms with van der Waals surface area (Å²) in [7, 11) is 1.66. The van der Waals surface area contributed by atoms with Gasteiger partial charge in [-0.3, -0.25) is 0 Å². The van der Waals surface area contributed by atoms with Crippen molar-refractivity contribution in [1.29, 1.82) is 0 Å². The number of rotatable bonds is 6. The summed E-state index contributed by atoms with van der Waals surface area (Å²) in [5.41, 5.74) is 1.45. The highest BCUT2D eigenvalue weighted by Crippen LogP contribution is 2.36. The van der Waals surface area contributed by atoms with Gasteiger partial charge in [-0.05, 0) is 49.3 Å². The van der Waals surface area contributed by atoms with Gasteiger partial charge in [-0.1, -0.05) is 31.9 Å². The number of nitrogens with one attached hydrogen (secondary N) is 2. The molecule has 0 heterocycles. The highest BCUT2D eigenvalue weighted by atomic mass is 16.5. The van der Waals surface area contributed by atoms with E-state index in [1.807, 2.05) is 25.1 Å². The minimum Gasteiger partial charge on any atom is -0.497 e. The first kappa shape index (κ1) is 16.7. The van der Waals surface area contributed by atoms with Crippen LogP contribution >= 0.6 is 0 Å². The van der Waals surface area contributed by atoms with Gasteiger partial charge in [-0.25, -0.2) is 4.79 Å². The number of urea groups is 1. The maximum Gasteiger partial charge on any atom is 0.315 e. The molecular formula is C18H28N2O2. The molecule has 1 aromatic carbocycles. The average molecular weight is 304 g/mol. The molecule has 0 radical (unpaired) electrons. The lowest BCUT2D eigenvalue weighted by atomic mass is 9.89. The molecule has 1 saturated carbocycles. The molecule has 0 spiro atoms. The third-order valence-corrected chi connectivity index (χ3v) is 4.54. The van der Waals surface area contributed by atoms with Crippen LogP contribution in [-0.2, 0) is 6.42 Å². The first-order valence-electron chi connectivity index (χ1n) is 8.18. The Morgan fingerprint density at radius 2 is 2.09 bits per heavy atom. The molecule has 1 fully saturated rings. The molecule has 1 aliphatic rings. The molecule has 2 rings (SSSR count). The molecule has 4 nitrogen and oxygen atoms in total. The molecule has 1 aliphatic carbocycles. The third-order valence-electron chi connectivity index (χ3n) is 4.54. The molecular weight excluding hydrogens is 276 g/mol. The zero-order valence-corrected chi connectivity index (χ0v) is 13.9. The number of ether oxygens (including phenoxy) is 1. The Kier molecular flexibility index (Phi) is 5.69. The number of benzene rings is 1. The molecule has 2 N–H and O–H groups in total. The quantitative estimate of drug-likeness (QED) is 0.845. The third kappa shape index (κ3) is 4.93.